The van der Waals surface area contributed by atoms with E-state index in [-0.39, 0.29) is 37.4 Å². The first-order valence-electron chi connectivity index (χ1n) is 9.54. The van der Waals surface area contributed by atoms with Crippen LogP contribution in [0.3, 0.4) is 0 Å². The van der Waals surface area contributed by atoms with E-state index in [1.54, 1.807) is 32.0 Å². The predicted molar refractivity (Wildman–Crippen MR) is 117 cm³/mol. The minimum atomic E-state index is -1.21. The van der Waals surface area contributed by atoms with Crippen LogP contribution >= 0.6 is 23.2 Å². The summed E-state index contributed by atoms with van der Waals surface area (Å²) in [6, 6.07) is 4.00. The van der Waals surface area contributed by atoms with Crippen LogP contribution in [0, 0.1) is 17.2 Å². The molecule has 0 aliphatic heterocycles. The second-order valence-electron chi connectivity index (χ2n) is 7.36. The lowest BCUT2D eigenvalue weighted by atomic mass is 9.90. The molecule has 0 radical (unpaired) electrons. The third kappa shape index (κ3) is 9.04. The van der Waals surface area contributed by atoms with Crippen LogP contribution in [0.15, 0.2) is 18.2 Å². The van der Waals surface area contributed by atoms with Gasteiger partial charge in [-0.25, -0.2) is 0 Å². The molecule has 0 aliphatic rings. The van der Waals surface area contributed by atoms with Crippen LogP contribution in [-0.4, -0.2) is 40.7 Å². The van der Waals surface area contributed by atoms with Gasteiger partial charge in [-0.1, -0.05) is 43.1 Å². The average Bonchev–Trinajstić information content (AvgIpc) is 2.66. The van der Waals surface area contributed by atoms with Crippen LogP contribution in [0.2, 0.25) is 10.0 Å². The molecule has 1 rings (SSSR count). The molecule has 1 aromatic rings. The van der Waals surface area contributed by atoms with Crippen LogP contribution < -0.4 is 16.4 Å². The summed E-state index contributed by atoms with van der Waals surface area (Å²) < 4.78 is 0. The standard InChI is InChI=1S/C20H26Cl2N4O5/c1-10(2)18(23)15(27)8-11(19(30)31)6-7-16(28)25-20(24)26-17(29)9-12-13(21)4-3-5-14(12)22/h3-5,10-11,18H,6-9,23H2,1-2H3,(H,30,31)(H3,24,25,26,28,29)/t11-,18-/m1/s1. The largest absolute Gasteiger partial charge is 0.481 e. The Morgan fingerprint density at radius 1 is 1.10 bits per heavy atom. The second-order valence-corrected chi connectivity index (χ2v) is 8.18. The fourth-order valence-corrected chi connectivity index (χ4v) is 3.18. The van der Waals surface area contributed by atoms with E-state index in [1.807, 2.05) is 0 Å². The Balaban J connectivity index is 2.53. The molecular weight excluding hydrogens is 447 g/mol. The molecule has 0 aromatic heterocycles. The maximum Gasteiger partial charge on any atom is 0.306 e. The number of ketones is 1. The second kappa shape index (κ2) is 12.4. The minimum Gasteiger partial charge on any atom is -0.481 e. The molecule has 0 bridgehead atoms. The molecule has 6 N–H and O–H groups in total. The van der Waals surface area contributed by atoms with Crippen molar-refractivity contribution in [2.75, 3.05) is 0 Å². The Morgan fingerprint density at radius 2 is 1.65 bits per heavy atom. The Hall–Kier alpha value is -2.49. The first kappa shape index (κ1) is 26.5. The molecule has 9 nitrogen and oxygen atoms in total. The summed E-state index contributed by atoms with van der Waals surface area (Å²) in [5, 5.41) is 21.9. The van der Waals surface area contributed by atoms with Crippen molar-refractivity contribution in [2.24, 2.45) is 17.6 Å². The summed E-state index contributed by atoms with van der Waals surface area (Å²) in [5.74, 6) is -4.66. The van der Waals surface area contributed by atoms with Crippen molar-refractivity contribution in [3.8, 4) is 0 Å². The number of hydrogen-bond acceptors (Lipinski definition) is 6. The van der Waals surface area contributed by atoms with E-state index in [1.165, 1.54) is 0 Å². The molecule has 0 saturated carbocycles. The number of Topliss-reactive ketones (excluding diaryl/α,β-unsaturated/α-hetero) is 1. The zero-order chi connectivity index (χ0) is 23.7. The topological polar surface area (TPSA) is 162 Å². The minimum absolute atomic E-state index is 0.117. The number of hydrogen-bond donors (Lipinski definition) is 5. The summed E-state index contributed by atoms with van der Waals surface area (Å²) >= 11 is 12.0. The van der Waals surface area contributed by atoms with Crippen LogP contribution in [0.5, 0.6) is 0 Å². The van der Waals surface area contributed by atoms with E-state index in [2.05, 4.69) is 10.6 Å². The summed E-state index contributed by atoms with van der Waals surface area (Å²) in [6.07, 6.45) is -0.852. The lowest BCUT2D eigenvalue weighted by Gasteiger charge is -2.17. The number of aliphatic carboxylic acids is 1. The van der Waals surface area contributed by atoms with Gasteiger partial charge in [0.05, 0.1) is 18.4 Å². The van der Waals surface area contributed by atoms with Crippen LogP contribution in [0.4, 0.5) is 0 Å². The highest BCUT2D eigenvalue weighted by atomic mass is 35.5. The van der Waals surface area contributed by atoms with Gasteiger partial charge in [-0.05, 0) is 30.0 Å². The van der Waals surface area contributed by atoms with Crippen molar-refractivity contribution in [2.45, 2.75) is 45.6 Å². The lowest BCUT2D eigenvalue weighted by Crippen LogP contribution is -2.44. The van der Waals surface area contributed by atoms with Crippen LogP contribution in [0.25, 0.3) is 0 Å². The quantitative estimate of drug-likeness (QED) is 0.258. The Labute approximate surface area is 190 Å². The number of guanidine groups is 1. The smallest absolute Gasteiger partial charge is 0.306 e. The highest BCUT2D eigenvalue weighted by Gasteiger charge is 2.26. The zero-order valence-corrected chi connectivity index (χ0v) is 18.7. The molecule has 0 spiro atoms. The van der Waals surface area contributed by atoms with E-state index in [9.17, 15) is 24.3 Å². The number of carboxylic acids is 1. The number of rotatable bonds is 10. The van der Waals surface area contributed by atoms with E-state index in [0.717, 1.165) is 0 Å². The van der Waals surface area contributed by atoms with Gasteiger partial charge in [0.15, 0.2) is 5.78 Å². The number of nitrogens with one attached hydrogen (secondary N) is 3. The maximum atomic E-state index is 12.1. The van der Waals surface area contributed by atoms with Gasteiger partial charge in [0.1, 0.15) is 0 Å². The molecule has 0 aliphatic carbocycles. The highest BCUT2D eigenvalue weighted by Crippen LogP contribution is 2.24. The summed E-state index contributed by atoms with van der Waals surface area (Å²) in [4.78, 5) is 47.5. The average molecular weight is 473 g/mol. The Morgan fingerprint density at radius 3 is 2.16 bits per heavy atom. The van der Waals surface area contributed by atoms with Crippen molar-refractivity contribution in [3.63, 3.8) is 0 Å². The van der Waals surface area contributed by atoms with Crippen molar-refractivity contribution in [1.29, 1.82) is 5.41 Å². The van der Waals surface area contributed by atoms with Gasteiger partial charge in [-0.15, -0.1) is 0 Å². The molecule has 2 atom stereocenters. The third-order valence-corrected chi connectivity index (χ3v) is 5.24. The van der Waals surface area contributed by atoms with Crippen molar-refractivity contribution in [3.05, 3.63) is 33.8 Å². The predicted octanol–water partition coefficient (Wildman–Crippen LogP) is 2.13. The molecule has 2 amide bonds. The molecule has 0 heterocycles. The normalized spacial score (nSPS) is 12.7. The van der Waals surface area contributed by atoms with Crippen LogP contribution in [-0.2, 0) is 25.6 Å². The molecule has 0 fully saturated rings. The fourth-order valence-electron chi connectivity index (χ4n) is 2.65. The number of carbonyl (C=O) groups is 4. The van der Waals surface area contributed by atoms with Gasteiger partial charge in [0.2, 0.25) is 17.8 Å². The summed E-state index contributed by atoms with van der Waals surface area (Å²) in [6.45, 7) is 3.51. The number of carbonyl (C=O) groups excluding carboxylic acids is 3. The fraction of sp³-hybridized carbons (Fsp3) is 0.450. The molecule has 1 aromatic carbocycles. The van der Waals surface area contributed by atoms with Crippen molar-refractivity contribution in [1.82, 2.24) is 10.6 Å². The number of carboxylic acid groups (broad SMARTS) is 1. The number of nitrogens with two attached hydrogens (primary N) is 1. The van der Waals surface area contributed by atoms with Gasteiger partial charge < -0.3 is 10.8 Å². The van der Waals surface area contributed by atoms with Crippen LogP contribution in [0.1, 0.15) is 38.7 Å². The molecule has 0 saturated heterocycles. The molecule has 11 heteroatoms. The third-order valence-electron chi connectivity index (χ3n) is 4.53. The highest BCUT2D eigenvalue weighted by molar-refractivity contribution is 6.36. The van der Waals surface area contributed by atoms with Gasteiger partial charge in [0, 0.05) is 22.9 Å². The van der Waals surface area contributed by atoms with Gasteiger partial charge in [-0.3, -0.25) is 35.2 Å². The van der Waals surface area contributed by atoms with E-state index in [0.29, 0.717) is 15.6 Å². The van der Waals surface area contributed by atoms with Crippen molar-refractivity contribution >= 4 is 52.7 Å². The molecular formula is C20H26Cl2N4O5. The van der Waals surface area contributed by atoms with E-state index >= 15 is 0 Å². The summed E-state index contributed by atoms with van der Waals surface area (Å²) in [7, 11) is 0. The lowest BCUT2D eigenvalue weighted by molar-refractivity contribution is -0.144. The van der Waals surface area contributed by atoms with Gasteiger partial charge in [0.25, 0.3) is 0 Å². The number of halogens is 2. The maximum absolute atomic E-state index is 12.1. The zero-order valence-electron chi connectivity index (χ0n) is 17.2. The molecule has 0 unspecified atom stereocenters. The molecule has 170 valence electrons. The van der Waals surface area contributed by atoms with E-state index in [4.69, 9.17) is 34.3 Å². The van der Waals surface area contributed by atoms with Gasteiger partial charge in [-0.2, -0.15) is 0 Å². The Kier molecular flexibility index (Phi) is 10.6. The first-order chi connectivity index (χ1) is 14.4. The number of benzene rings is 1. The van der Waals surface area contributed by atoms with E-state index < -0.39 is 35.7 Å². The molecule has 31 heavy (non-hydrogen) atoms. The van der Waals surface area contributed by atoms with Crippen molar-refractivity contribution < 1.29 is 24.3 Å². The number of amides is 2. The summed E-state index contributed by atoms with van der Waals surface area (Å²) in [5.41, 5.74) is 6.13. The monoisotopic (exact) mass is 472 g/mol. The van der Waals surface area contributed by atoms with Gasteiger partial charge >= 0.3 is 5.97 Å². The first-order valence-corrected chi connectivity index (χ1v) is 10.3. The Bertz CT molecular complexity index is 840. The SMILES string of the molecule is CC(C)[C@@H](N)C(=O)C[C@@H](CCC(=O)NC(=N)NC(=O)Cc1c(Cl)cccc1Cl)C(=O)O.